The van der Waals surface area contributed by atoms with E-state index in [4.69, 9.17) is 4.74 Å². The molecular formula is C16H33IN4O2. The van der Waals surface area contributed by atoms with E-state index in [1.165, 1.54) is 0 Å². The predicted molar refractivity (Wildman–Crippen MR) is 105 cm³/mol. The van der Waals surface area contributed by atoms with Crippen molar-refractivity contribution in [3.8, 4) is 0 Å². The molecule has 1 amide bonds. The molecule has 0 radical (unpaired) electrons. The molecule has 0 aliphatic carbocycles. The molecule has 0 aromatic rings. The number of rotatable bonds is 8. The second kappa shape index (κ2) is 12.8. The molecule has 1 N–H and O–H groups in total. The summed E-state index contributed by atoms with van der Waals surface area (Å²) < 4.78 is 5.53. The number of likely N-dealkylation sites (N-methyl/N-ethyl adjacent to an activating group) is 1. The van der Waals surface area contributed by atoms with E-state index in [9.17, 15) is 4.79 Å². The normalized spacial score (nSPS) is 17.8. The van der Waals surface area contributed by atoms with Crippen molar-refractivity contribution in [2.45, 2.75) is 33.1 Å². The molecule has 0 spiro atoms. The van der Waals surface area contributed by atoms with Gasteiger partial charge < -0.3 is 19.9 Å². The number of carbonyl (C=O) groups excluding carboxylic acids is 1. The van der Waals surface area contributed by atoms with Crippen molar-refractivity contribution in [2.24, 2.45) is 10.9 Å². The Labute approximate surface area is 158 Å². The van der Waals surface area contributed by atoms with Crippen LogP contribution in [-0.4, -0.2) is 75.2 Å². The molecule has 1 heterocycles. The van der Waals surface area contributed by atoms with Crippen LogP contribution in [-0.2, 0) is 9.53 Å². The lowest BCUT2D eigenvalue weighted by Gasteiger charge is -2.22. The lowest BCUT2D eigenvalue weighted by Crippen LogP contribution is -2.41. The first-order valence-electron chi connectivity index (χ1n) is 8.39. The van der Waals surface area contributed by atoms with Crippen LogP contribution in [0.4, 0.5) is 0 Å². The zero-order valence-electron chi connectivity index (χ0n) is 15.0. The van der Waals surface area contributed by atoms with Crippen LogP contribution in [0.25, 0.3) is 0 Å². The maximum absolute atomic E-state index is 11.8. The number of amides is 1. The summed E-state index contributed by atoms with van der Waals surface area (Å²) in [6.45, 7) is 8.81. The van der Waals surface area contributed by atoms with Crippen LogP contribution in [0.2, 0.25) is 0 Å². The van der Waals surface area contributed by atoms with E-state index in [0.717, 1.165) is 58.1 Å². The molecule has 1 saturated heterocycles. The molecule has 0 bridgehead atoms. The Balaban J connectivity index is 0.00000484. The van der Waals surface area contributed by atoms with Gasteiger partial charge in [0, 0.05) is 46.3 Å². The second-order valence-corrected chi connectivity index (χ2v) is 5.97. The smallest absolute Gasteiger partial charge is 0.243 e. The van der Waals surface area contributed by atoms with Gasteiger partial charge in [0.2, 0.25) is 5.91 Å². The van der Waals surface area contributed by atoms with Gasteiger partial charge in [-0.2, -0.15) is 0 Å². The zero-order chi connectivity index (χ0) is 16.4. The van der Waals surface area contributed by atoms with Crippen LogP contribution < -0.4 is 5.32 Å². The highest BCUT2D eigenvalue weighted by molar-refractivity contribution is 14.0. The average Bonchev–Trinajstić information content (AvgIpc) is 2.96. The van der Waals surface area contributed by atoms with Crippen molar-refractivity contribution in [3.63, 3.8) is 0 Å². The Kier molecular flexibility index (Phi) is 12.5. The van der Waals surface area contributed by atoms with Crippen LogP contribution in [0.5, 0.6) is 0 Å². The van der Waals surface area contributed by atoms with Crippen LogP contribution >= 0.6 is 24.0 Å². The first-order valence-corrected chi connectivity index (χ1v) is 8.39. The van der Waals surface area contributed by atoms with Crippen LogP contribution in [0.3, 0.4) is 0 Å². The predicted octanol–water partition coefficient (Wildman–Crippen LogP) is 1.80. The first kappa shape index (κ1) is 22.4. The Morgan fingerprint density at radius 2 is 2.13 bits per heavy atom. The number of likely N-dealkylation sites (tertiary alicyclic amines) is 1. The van der Waals surface area contributed by atoms with Crippen molar-refractivity contribution in [1.82, 2.24) is 15.1 Å². The SMILES string of the molecule is CCCCNC(=NCC(=O)N(C)C)N1CCC(COCC)C1.I. The molecule has 1 fully saturated rings. The number of nitrogens with zero attached hydrogens (tertiary/aromatic N) is 3. The number of aliphatic imine (C=N–C) groups is 1. The minimum atomic E-state index is 0. The number of unbranched alkanes of at least 4 members (excludes halogenated alkanes) is 1. The summed E-state index contributed by atoms with van der Waals surface area (Å²) >= 11 is 0. The quantitative estimate of drug-likeness (QED) is 0.271. The molecule has 1 aliphatic heterocycles. The molecule has 1 atom stereocenters. The van der Waals surface area contributed by atoms with E-state index in [2.05, 4.69) is 22.1 Å². The summed E-state index contributed by atoms with van der Waals surface area (Å²) in [6.07, 6.45) is 3.37. The van der Waals surface area contributed by atoms with E-state index >= 15 is 0 Å². The van der Waals surface area contributed by atoms with Crippen molar-refractivity contribution in [1.29, 1.82) is 0 Å². The highest BCUT2D eigenvalue weighted by Gasteiger charge is 2.25. The molecule has 1 rings (SSSR count). The molecule has 0 aromatic heterocycles. The third-order valence-corrected chi connectivity index (χ3v) is 3.82. The van der Waals surface area contributed by atoms with E-state index in [-0.39, 0.29) is 36.4 Å². The minimum Gasteiger partial charge on any atom is -0.381 e. The third-order valence-electron chi connectivity index (χ3n) is 3.82. The molecule has 1 unspecified atom stereocenters. The lowest BCUT2D eigenvalue weighted by molar-refractivity contribution is -0.127. The van der Waals surface area contributed by atoms with Crippen molar-refractivity contribution in [3.05, 3.63) is 0 Å². The van der Waals surface area contributed by atoms with Gasteiger partial charge in [-0.3, -0.25) is 4.79 Å². The molecule has 1 aliphatic rings. The van der Waals surface area contributed by atoms with Gasteiger partial charge in [0.15, 0.2) is 5.96 Å². The topological polar surface area (TPSA) is 57.2 Å². The Morgan fingerprint density at radius 1 is 1.39 bits per heavy atom. The Hall–Kier alpha value is -0.570. The van der Waals surface area contributed by atoms with Crippen molar-refractivity contribution in [2.75, 3.05) is 53.5 Å². The summed E-state index contributed by atoms with van der Waals surface area (Å²) in [5, 5.41) is 3.40. The number of carbonyl (C=O) groups is 1. The average molecular weight is 440 g/mol. The lowest BCUT2D eigenvalue weighted by atomic mass is 10.1. The molecule has 0 aromatic carbocycles. The van der Waals surface area contributed by atoms with Gasteiger partial charge in [-0.1, -0.05) is 13.3 Å². The highest BCUT2D eigenvalue weighted by Crippen LogP contribution is 2.16. The fraction of sp³-hybridized carbons (Fsp3) is 0.875. The fourth-order valence-electron chi connectivity index (χ4n) is 2.37. The number of ether oxygens (including phenoxy) is 1. The first-order chi connectivity index (χ1) is 10.6. The van der Waals surface area contributed by atoms with E-state index in [0.29, 0.717) is 5.92 Å². The number of guanidine groups is 1. The summed E-state index contributed by atoms with van der Waals surface area (Å²) in [5.74, 6) is 1.45. The maximum atomic E-state index is 11.8. The van der Waals surface area contributed by atoms with Crippen LogP contribution in [0, 0.1) is 5.92 Å². The number of hydrogen-bond donors (Lipinski definition) is 1. The third kappa shape index (κ3) is 8.74. The number of hydrogen-bond acceptors (Lipinski definition) is 3. The van der Waals surface area contributed by atoms with E-state index < -0.39 is 0 Å². The van der Waals surface area contributed by atoms with Crippen molar-refractivity contribution < 1.29 is 9.53 Å². The van der Waals surface area contributed by atoms with Crippen molar-refractivity contribution >= 4 is 35.8 Å². The second-order valence-electron chi connectivity index (χ2n) is 5.97. The van der Waals surface area contributed by atoms with E-state index in [1.54, 1.807) is 19.0 Å². The summed E-state index contributed by atoms with van der Waals surface area (Å²) in [4.78, 5) is 20.1. The fourth-order valence-corrected chi connectivity index (χ4v) is 2.37. The van der Waals surface area contributed by atoms with Gasteiger partial charge >= 0.3 is 0 Å². The molecule has 6 nitrogen and oxygen atoms in total. The van der Waals surface area contributed by atoms with Gasteiger partial charge in [0.25, 0.3) is 0 Å². The van der Waals surface area contributed by atoms with Gasteiger partial charge in [0.05, 0.1) is 6.61 Å². The zero-order valence-corrected chi connectivity index (χ0v) is 17.3. The maximum Gasteiger partial charge on any atom is 0.243 e. The largest absolute Gasteiger partial charge is 0.381 e. The van der Waals surface area contributed by atoms with Crippen LogP contribution in [0.1, 0.15) is 33.1 Å². The molecule has 0 saturated carbocycles. The molecule has 23 heavy (non-hydrogen) atoms. The minimum absolute atomic E-state index is 0. The Morgan fingerprint density at radius 3 is 2.74 bits per heavy atom. The van der Waals surface area contributed by atoms with Crippen LogP contribution in [0.15, 0.2) is 4.99 Å². The summed E-state index contributed by atoms with van der Waals surface area (Å²) in [5.41, 5.74) is 0. The van der Waals surface area contributed by atoms with Gasteiger partial charge in [0.1, 0.15) is 6.54 Å². The highest BCUT2D eigenvalue weighted by atomic mass is 127. The molecule has 136 valence electrons. The molecule has 7 heteroatoms. The molecular weight excluding hydrogens is 407 g/mol. The van der Waals surface area contributed by atoms with Gasteiger partial charge in [-0.05, 0) is 19.8 Å². The summed E-state index contributed by atoms with van der Waals surface area (Å²) in [7, 11) is 3.52. The number of halogens is 1. The van der Waals surface area contributed by atoms with Gasteiger partial charge in [-0.15, -0.1) is 24.0 Å². The standard InChI is InChI=1S/C16H32N4O2.HI/c1-5-7-9-17-16(18-11-15(21)19(3)4)20-10-8-14(12-20)13-22-6-2;/h14H,5-13H2,1-4H3,(H,17,18);1H. The Bertz CT molecular complexity index is 364. The van der Waals surface area contributed by atoms with Gasteiger partial charge in [-0.25, -0.2) is 4.99 Å². The number of nitrogens with one attached hydrogen (secondary N) is 1. The van der Waals surface area contributed by atoms with E-state index in [1.807, 2.05) is 6.92 Å². The monoisotopic (exact) mass is 440 g/mol. The summed E-state index contributed by atoms with van der Waals surface area (Å²) in [6, 6.07) is 0.